The van der Waals surface area contributed by atoms with Crippen molar-refractivity contribution in [3.8, 4) is 11.5 Å². The van der Waals surface area contributed by atoms with Crippen molar-refractivity contribution in [3.05, 3.63) is 47.5 Å². The quantitative estimate of drug-likeness (QED) is 0.588. The number of methoxy groups -OCH3 is 1. The molecule has 2 heterocycles. The molecule has 0 unspecified atom stereocenters. The number of halogens is 2. The van der Waals surface area contributed by atoms with Gasteiger partial charge < -0.3 is 19.5 Å². The summed E-state index contributed by atoms with van der Waals surface area (Å²) in [6.07, 6.45) is 2.32. The van der Waals surface area contributed by atoms with E-state index >= 15 is 0 Å². The number of phenolic OH excluding ortho intramolecular Hbond substituents is 1. The van der Waals surface area contributed by atoms with Crippen molar-refractivity contribution in [3.63, 3.8) is 0 Å². The van der Waals surface area contributed by atoms with Crippen LogP contribution in [0.3, 0.4) is 0 Å². The maximum atomic E-state index is 13.8. The second-order valence-corrected chi connectivity index (χ2v) is 7.70. The summed E-state index contributed by atoms with van der Waals surface area (Å²) >= 11 is 6.07. The SMILES string of the molecule is COc1cc2ncnc(N(CCCN3CCOCC3)c3ccc(F)c(Cl)c3)c2cc1O. The lowest BCUT2D eigenvalue weighted by atomic mass is 10.1. The highest BCUT2D eigenvalue weighted by atomic mass is 35.5. The molecule has 2 aromatic carbocycles. The number of aromatic nitrogens is 2. The van der Waals surface area contributed by atoms with E-state index in [4.69, 9.17) is 21.1 Å². The second kappa shape index (κ2) is 9.64. The van der Waals surface area contributed by atoms with Crippen LogP contribution in [0.1, 0.15) is 6.42 Å². The molecule has 31 heavy (non-hydrogen) atoms. The number of hydrogen-bond acceptors (Lipinski definition) is 7. The molecule has 0 bridgehead atoms. The molecule has 7 nitrogen and oxygen atoms in total. The zero-order valence-electron chi connectivity index (χ0n) is 17.2. The molecule has 4 rings (SSSR count). The first-order valence-corrected chi connectivity index (χ1v) is 10.5. The average Bonchev–Trinajstić information content (AvgIpc) is 2.79. The van der Waals surface area contributed by atoms with Crippen molar-refractivity contribution in [1.82, 2.24) is 14.9 Å². The predicted molar refractivity (Wildman–Crippen MR) is 118 cm³/mol. The predicted octanol–water partition coefficient (Wildman–Crippen LogP) is 4.00. The first-order valence-electron chi connectivity index (χ1n) is 10.1. The topological polar surface area (TPSA) is 71.0 Å². The summed E-state index contributed by atoms with van der Waals surface area (Å²) in [4.78, 5) is 13.1. The molecule has 9 heteroatoms. The van der Waals surface area contributed by atoms with E-state index in [0.29, 0.717) is 34.7 Å². The number of benzene rings is 2. The largest absolute Gasteiger partial charge is 0.504 e. The van der Waals surface area contributed by atoms with Crippen LogP contribution in [-0.4, -0.2) is 66.5 Å². The van der Waals surface area contributed by atoms with Crippen molar-refractivity contribution in [2.24, 2.45) is 0 Å². The molecular weight excluding hydrogens is 423 g/mol. The van der Waals surface area contributed by atoms with Gasteiger partial charge in [-0.3, -0.25) is 4.90 Å². The third-order valence-corrected chi connectivity index (χ3v) is 5.63. The zero-order valence-corrected chi connectivity index (χ0v) is 18.0. The molecule has 0 saturated carbocycles. The van der Waals surface area contributed by atoms with E-state index in [-0.39, 0.29) is 10.8 Å². The van der Waals surface area contributed by atoms with E-state index in [1.807, 2.05) is 4.90 Å². The number of nitrogens with zero attached hydrogens (tertiary/aromatic N) is 4. The van der Waals surface area contributed by atoms with Crippen LogP contribution < -0.4 is 9.64 Å². The zero-order chi connectivity index (χ0) is 21.8. The van der Waals surface area contributed by atoms with E-state index in [2.05, 4.69) is 14.9 Å². The summed E-state index contributed by atoms with van der Waals surface area (Å²) < 4.78 is 24.4. The Labute approximate surface area is 185 Å². The number of fused-ring (bicyclic) bond motifs is 1. The Bertz CT molecular complexity index is 1060. The van der Waals surface area contributed by atoms with Crippen LogP contribution in [0, 0.1) is 5.82 Å². The smallest absolute Gasteiger partial charge is 0.162 e. The summed E-state index contributed by atoms with van der Waals surface area (Å²) in [7, 11) is 1.49. The molecule has 1 fully saturated rings. The molecule has 1 aromatic heterocycles. The lowest BCUT2D eigenvalue weighted by Crippen LogP contribution is -2.37. The Morgan fingerprint density at radius 1 is 1.23 bits per heavy atom. The summed E-state index contributed by atoms with van der Waals surface area (Å²) in [6, 6.07) is 7.86. The van der Waals surface area contributed by atoms with Crippen LogP contribution in [0.5, 0.6) is 11.5 Å². The number of hydrogen-bond donors (Lipinski definition) is 1. The lowest BCUT2D eigenvalue weighted by Gasteiger charge is -2.29. The second-order valence-electron chi connectivity index (χ2n) is 7.30. The minimum atomic E-state index is -0.478. The molecule has 1 N–H and O–H groups in total. The molecule has 0 atom stereocenters. The van der Waals surface area contributed by atoms with Gasteiger partial charge in [-0.15, -0.1) is 0 Å². The minimum Gasteiger partial charge on any atom is -0.504 e. The van der Waals surface area contributed by atoms with Crippen LogP contribution in [0.15, 0.2) is 36.7 Å². The number of rotatable bonds is 7. The number of aromatic hydroxyl groups is 1. The molecular formula is C22H24ClFN4O3. The van der Waals surface area contributed by atoms with E-state index < -0.39 is 5.82 Å². The van der Waals surface area contributed by atoms with E-state index in [1.54, 1.807) is 24.3 Å². The summed E-state index contributed by atoms with van der Waals surface area (Å²) in [5, 5.41) is 11.0. The molecule has 0 spiro atoms. The highest BCUT2D eigenvalue weighted by Gasteiger charge is 2.19. The van der Waals surface area contributed by atoms with Crippen molar-refractivity contribution in [2.45, 2.75) is 6.42 Å². The first-order chi connectivity index (χ1) is 15.1. The van der Waals surface area contributed by atoms with Crippen LogP contribution in [0.25, 0.3) is 10.9 Å². The normalized spacial score (nSPS) is 14.7. The minimum absolute atomic E-state index is 0.00328. The third kappa shape index (κ3) is 4.81. The molecule has 0 aliphatic carbocycles. The Morgan fingerprint density at radius 3 is 2.77 bits per heavy atom. The van der Waals surface area contributed by atoms with Gasteiger partial charge in [-0.05, 0) is 30.7 Å². The molecule has 1 aliphatic rings. The summed E-state index contributed by atoms with van der Waals surface area (Å²) in [5.41, 5.74) is 1.34. The number of morpholine rings is 1. The molecule has 0 amide bonds. The molecule has 3 aromatic rings. The van der Waals surface area contributed by atoms with Gasteiger partial charge in [0.25, 0.3) is 0 Å². The summed E-state index contributed by atoms with van der Waals surface area (Å²) in [6.45, 7) is 4.83. The lowest BCUT2D eigenvalue weighted by molar-refractivity contribution is 0.0377. The highest BCUT2D eigenvalue weighted by Crippen LogP contribution is 2.37. The van der Waals surface area contributed by atoms with Crippen molar-refractivity contribution in [2.75, 3.05) is 51.4 Å². The fourth-order valence-electron chi connectivity index (χ4n) is 3.72. The van der Waals surface area contributed by atoms with Gasteiger partial charge in [0.05, 0.1) is 30.9 Å². The Kier molecular flexibility index (Phi) is 6.70. The van der Waals surface area contributed by atoms with Crippen LogP contribution in [-0.2, 0) is 4.74 Å². The van der Waals surface area contributed by atoms with Crippen LogP contribution in [0.2, 0.25) is 5.02 Å². The fourth-order valence-corrected chi connectivity index (χ4v) is 3.90. The van der Waals surface area contributed by atoms with Gasteiger partial charge in [-0.2, -0.15) is 0 Å². The average molecular weight is 447 g/mol. The van der Waals surface area contributed by atoms with Gasteiger partial charge in [-0.25, -0.2) is 14.4 Å². The van der Waals surface area contributed by atoms with Crippen molar-refractivity contribution >= 4 is 34.0 Å². The third-order valence-electron chi connectivity index (χ3n) is 5.35. The van der Waals surface area contributed by atoms with E-state index in [1.165, 1.54) is 19.5 Å². The van der Waals surface area contributed by atoms with Crippen LogP contribution in [0.4, 0.5) is 15.9 Å². The van der Waals surface area contributed by atoms with Gasteiger partial charge in [0, 0.05) is 43.3 Å². The number of anilines is 2. The van der Waals surface area contributed by atoms with E-state index in [9.17, 15) is 9.50 Å². The maximum absolute atomic E-state index is 13.8. The van der Waals surface area contributed by atoms with E-state index in [0.717, 1.165) is 39.3 Å². The molecule has 0 radical (unpaired) electrons. The van der Waals surface area contributed by atoms with Gasteiger partial charge in [0.15, 0.2) is 11.5 Å². The monoisotopic (exact) mass is 446 g/mol. The number of ether oxygens (including phenoxy) is 2. The Hall–Kier alpha value is -2.68. The molecule has 1 saturated heterocycles. The molecule has 164 valence electrons. The van der Waals surface area contributed by atoms with Crippen molar-refractivity contribution < 1.29 is 19.0 Å². The van der Waals surface area contributed by atoms with Gasteiger partial charge in [0.1, 0.15) is 18.0 Å². The Morgan fingerprint density at radius 2 is 2.03 bits per heavy atom. The molecule has 1 aliphatic heterocycles. The van der Waals surface area contributed by atoms with Crippen molar-refractivity contribution in [1.29, 1.82) is 0 Å². The number of phenols is 1. The van der Waals surface area contributed by atoms with Gasteiger partial charge in [0.2, 0.25) is 0 Å². The Balaban J connectivity index is 1.69. The standard InChI is InChI=1S/C22H24ClFN4O3/c1-30-21-13-19-16(12-20(21)29)22(26-14-25-19)28(15-3-4-18(24)17(23)11-15)6-2-5-27-7-9-31-10-8-27/h3-4,11-14,29H,2,5-10H2,1H3. The van der Waals surface area contributed by atoms with Gasteiger partial charge in [-0.1, -0.05) is 11.6 Å². The fraction of sp³-hybridized carbons (Fsp3) is 0.364. The van der Waals surface area contributed by atoms with Gasteiger partial charge >= 0.3 is 0 Å². The van der Waals surface area contributed by atoms with Crippen LogP contribution >= 0.6 is 11.6 Å². The highest BCUT2D eigenvalue weighted by molar-refractivity contribution is 6.31. The summed E-state index contributed by atoms with van der Waals surface area (Å²) in [5.74, 6) is 0.457. The first kappa shape index (κ1) is 21.5. The maximum Gasteiger partial charge on any atom is 0.162 e.